The predicted molar refractivity (Wildman–Crippen MR) is 160 cm³/mol. The Kier molecular flexibility index (Phi) is 9.85. The molecule has 0 radical (unpaired) electrons. The zero-order chi connectivity index (χ0) is 32.1. The number of rotatable bonds is 9. The zero-order valence-corrected chi connectivity index (χ0v) is 25.1. The van der Waals surface area contributed by atoms with E-state index in [-0.39, 0.29) is 30.6 Å². The van der Waals surface area contributed by atoms with Gasteiger partial charge in [-0.1, -0.05) is 30.3 Å². The summed E-state index contributed by atoms with van der Waals surface area (Å²) in [5.41, 5.74) is 5.53. The molecule has 1 aromatic heterocycles. The number of hydrogen-bond acceptors (Lipinski definition) is 8. The Hall–Kier alpha value is -4.55. The van der Waals surface area contributed by atoms with Gasteiger partial charge in [-0.25, -0.2) is 14.8 Å². The van der Waals surface area contributed by atoms with Crippen molar-refractivity contribution in [1.29, 1.82) is 0 Å². The number of anilines is 3. The fraction of sp³-hybridized carbons (Fsp3) is 0.419. The lowest BCUT2D eigenvalue weighted by atomic mass is 9.90. The number of methoxy groups -OCH3 is 1. The molecule has 1 unspecified atom stereocenters. The number of piperazine rings is 1. The van der Waals surface area contributed by atoms with Gasteiger partial charge in [0.25, 0.3) is 0 Å². The first-order chi connectivity index (χ1) is 20.7. The molecule has 4 rings (SSSR count). The van der Waals surface area contributed by atoms with E-state index in [1.54, 1.807) is 47.4 Å². The van der Waals surface area contributed by atoms with E-state index in [0.717, 1.165) is 11.3 Å². The fourth-order valence-corrected chi connectivity index (χ4v) is 4.97. The lowest BCUT2D eigenvalue weighted by Crippen LogP contribution is -2.50. The van der Waals surface area contributed by atoms with Gasteiger partial charge in [0, 0.05) is 56.5 Å². The van der Waals surface area contributed by atoms with Crippen molar-refractivity contribution >= 4 is 29.3 Å². The Balaban J connectivity index is 1.56. The molecule has 2 aromatic carbocycles. The van der Waals surface area contributed by atoms with E-state index < -0.39 is 29.2 Å². The van der Waals surface area contributed by atoms with Gasteiger partial charge in [0.05, 0.1) is 24.1 Å². The summed E-state index contributed by atoms with van der Waals surface area (Å²) in [6.45, 7) is 7.58. The SMILES string of the molecule is COc1cc(N2CCN(C(=O)OC(C)(C)C)CC2)ccc1Nc1ncc(C(F)(F)F)c(C(CC(N)=O)Cc2ccccc2)n1. The minimum atomic E-state index is -4.74. The molecular weight excluding hydrogens is 577 g/mol. The number of nitrogens with two attached hydrogens (primary N) is 1. The van der Waals surface area contributed by atoms with E-state index in [0.29, 0.717) is 43.8 Å². The smallest absolute Gasteiger partial charge is 0.419 e. The average molecular weight is 615 g/mol. The summed E-state index contributed by atoms with van der Waals surface area (Å²) in [6, 6.07) is 14.2. The van der Waals surface area contributed by atoms with Crippen molar-refractivity contribution in [2.24, 2.45) is 5.73 Å². The highest BCUT2D eigenvalue weighted by atomic mass is 19.4. The van der Waals surface area contributed by atoms with E-state index in [9.17, 15) is 22.8 Å². The molecule has 1 saturated heterocycles. The number of nitrogens with one attached hydrogen (secondary N) is 1. The molecule has 1 fully saturated rings. The minimum absolute atomic E-state index is 0.0902. The maximum Gasteiger partial charge on any atom is 0.419 e. The van der Waals surface area contributed by atoms with Gasteiger partial charge >= 0.3 is 12.3 Å². The fourth-order valence-electron chi connectivity index (χ4n) is 4.97. The highest BCUT2D eigenvalue weighted by Gasteiger charge is 2.38. The maximum absolute atomic E-state index is 14.1. The van der Waals surface area contributed by atoms with Gasteiger partial charge in [-0.05, 0) is 44.9 Å². The number of aromatic nitrogens is 2. The van der Waals surface area contributed by atoms with Crippen LogP contribution in [0.15, 0.2) is 54.7 Å². The summed E-state index contributed by atoms with van der Waals surface area (Å²) in [7, 11) is 1.48. The molecule has 2 heterocycles. The van der Waals surface area contributed by atoms with E-state index in [4.69, 9.17) is 15.2 Å². The van der Waals surface area contributed by atoms with Gasteiger partial charge in [0.15, 0.2) is 0 Å². The summed E-state index contributed by atoms with van der Waals surface area (Å²) in [5, 5.41) is 2.97. The van der Waals surface area contributed by atoms with Crippen molar-refractivity contribution in [2.45, 2.75) is 51.3 Å². The van der Waals surface area contributed by atoms with Crippen molar-refractivity contribution in [3.63, 3.8) is 0 Å². The van der Waals surface area contributed by atoms with E-state index in [1.807, 2.05) is 26.8 Å². The molecule has 1 aliphatic rings. The molecule has 0 aliphatic carbocycles. The molecule has 44 heavy (non-hydrogen) atoms. The van der Waals surface area contributed by atoms with Crippen LogP contribution in [-0.4, -0.2) is 65.8 Å². The van der Waals surface area contributed by atoms with Gasteiger partial charge in [-0.2, -0.15) is 13.2 Å². The van der Waals surface area contributed by atoms with Gasteiger partial charge < -0.3 is 30.3 Å². The van der Waals surface area contributed by atoms with Crippen molar-refractivity contribution < 1.29 is 32.2 Å². The third-order valence-electron chi connectivity index (χ3n) is 7.01. The van der Waals surface area contributed by atoms with Crippen molar-refractivity contribution in [3.05, 3.63) is 71.5 Å². The number of hydrogen-bond donors (Lipinski definition) is 2. The number of alkyl halides is 3. The zero-order valence-electron chi connectivity index (χ0n) is 25.1. The number of carbonyl (C=O) groups excluding carboxylic acids is 2. The van der Waals surface area contributed by atoms with Crippen LogP contribution in [-0.2, 0) is 22.1 Å². The second-order valence-corrected chi connectivity index (χ2v) is 11.5. The van der Waals surface area contributed by atoms with Crippen LogP contribution in [0.1, 0.15) is 49.9 Å². The quantitative estimate of drug-likeness (QED) is 0.324. The predicted octanol–water partition coefficient (Wildman–Crippen LogP) is 5.51. The summed E-state index contributed by atoms with van der Waals surface area (Å²) in [4.78, 5) is 36.3. The molecule has 1 aliphatic heterocycles. The van der Waals surface area contributed by atoms with Crippen LogP contribution in [0.5, 0.6) is 5.75 Å². The number of nitrogens with zero attached hydrogens (tertiary/aromatic N) is 4. The van der Waals surface area contributed by atoms with E-state index >= 15 is 0 Å². The third-order valence-corrected chi connectivity index (χ3v) is 7.01. The second kappa shape index (κ2) is 13.4. The molecule has 3 aromatic rings. The van der Waals surface area contributed by atoms with Crippen LogP contribution in [0.2, 0.25) is 0 Å². The highest BCUT2D eigenvalue weighted by Crippen LogP contribution is 2.38. The largest absolute Gasteiger partial charge is 0.494 e. The Labute approximate surface area is 254 Å². The summed E-state index contributed by atoms with van der Waals surface area (Å²) in [5.74, 6) is -1.34. The van der Waals surface area contributed by atoms with Crippen LogP contribution in [0.25, 0.3) is 0 Å². The van der Waals surface area contributed by atoms with Crippen molar-refractivity contribution in [1.82, 2.24) is 14.9 Å². The van der Waals surface area contributed by atoms with Crippen LogP contribution in [0.4, 0.5) is 35.3 Å². The Morgan fingerprint density at radius 2 is 1.73 bits per heavy atom. The first kappa shape index (κ1) is 32.4. The monoisotopic (exact) mass is 614 g/mol. The number of carbonyl (C=O) groups is 2. The molecule has 3 N–H and O–H groups in total. The van der Waals surface area contributed by atoms with Crippen LogP contribution in [0.3, 0.4) is 0 Å². The molecule has 0 saturated carbocycles. The number of ether oxygens (including phenoxy) is 2. The van der Waals surface area contributed by atoms with Gasteiger partial charge in [0.1, 0.15) is 11.4 Å². The molecule has 0 spiro atoms. The van der Waals surface area contributed by atoms with Gasteiger partial charge in [-0.15, -0.1) is 0 Å². The Bertz CT molecular complexity index is 1450. The number of halogens is 3. The standard InChI is InChI=1S/C31H37F3N6O4/c1-30(2,3)44-29(42)40-14-12-39(13-15-40)22-10-11-24(25(18-22)43-4)37-28-36-19-23(31(32,33)34)27(38-28)21(17-26(35)41)16-20-8-6-5-7-9-20/h5-11,18-19,21H,12-17H2,1-4H3,(H2,35,41)(H,36,37,38). The average Bonchev–Trinajstić information content (AvgIpc) is 2.96. The molecule has 2 amide bonds. The molecule has 1 atom stereocenters. The summed E-state index contributed by atoms with van der Waals surface area (Å²) >= 11 is 0. The topological polar surface area (TPSA) is 123 Å². The molecule has 10 nitrogen and oxygen atoms in total. The van der Waals surface area contributed by atoms with Crippen molar-refractivity contribution in [2.75, 3.05) is 43.5 Å². The number of primary amides is 1. The lowest BCUT2D eigenvalue weighted by molar-refractivity contribution is -0.139. The van der Waals surface area contributed by atoms with E-state index in [1.165, 1.54) is 7.11 Å². The van der Waals surface area contributed by atoms with Crippen molar-refractivity contribution in [3.8, 4) is 5.75 Å². The molecule has 0 bridgehead atoms. The van der Waals surface area contributed by atoms with Gasteiger partial charge in [-0.3, -0.25) is 4.79 Å². The lowest BCUT2D eigenvalue weighted by Gasteiger charge is -2.37. The molecule has 236 valence electrons. The number of amides is 2. The summed E-state index contributed by atoms with van der Waals surface area (Å²) < 4.78 is 53.2. The van der Waals surface area contributed by atoms with E-state index in [2.05, 4.69) is 20.2 Å². The second-order valence-electron chi connectivity index (χ2n) is 11.5. The first-order valence-corrected chi connectivity index (χ1v) is 14.2. The maximum atomic E-state index is 14.1. The normalized spacial score (nSPS) is 14.6. The third kappa shape index (κ3) is 8.51. The summed E-state index contributed by atoms with van der Waals surface area (Å²) in [6.07, 6.45) is -4.58. The number of benzene rings is 2. The Morgan fingerprint density at radius 1 is 1.05 bits per heavy atom. The molecule has 13 heteroatoms. The van der Waals surface area contributed by atoms with Crippen LogP contribution < -0.4 is 20.7 Å². The van der Waals surface area contributed by atoms with Crippen LogP contribution in [0, 0.1) is 0 Å². The first-order valence-electron chi connectivity index (χ1n) is 14.2. The minimum Gasteiger partial charge on any atom is -0.494 e. The van der Waals surface area contributed by atoms with Crippen LogP contribution >= 0.6 is 0 Å². The molecular formula is C31H37F3N6O4. The Morgan fingerprint density at radius 3 is 2.32 bits per heavy atom. The van der Waals surface area contributed by atoms with Gasteiger partial charge in [0.2, 0.25) is 11.9 Å². The highest BCUT2D eigenvalue weighted by molar-refractivity contribution is 5.75.